The molecular formula is C14H23FeN3Na3O10+3. The van der Waals surface area contributed by atoms with Gasteiger partial charge >= 0.3 is 119 Å². The quantitative estimate of drug-likeness (QED) is 0.121. The average molecular weight is 518 g/mol. The molecule has 0 saturated carbocycles. The minimum Gasteiger partial charge on any atom is -0.480 e. The molecule has 0 atom stereocenters. The fraction of sp³-hybridized carbons (Fsp3) is 0.643. The van der Waals surface area contributed by atoms with Crippen LogP contribution in [0.4, 0.5) is 0 Å². The van der Waals surface area contributed by atoms with Crippen molar-refractivity contribution in [2.75, 3.05) is 58.9 Å². The number of hydrogen-bond acceptors (Lipinski definition) is 8. The van der Waals surface area contributed by atoms with Gasteiger partial charge < -0.3 is 25.5 Å². The van der Waals surface area contributed by atoms with Crippen LogP contribution < -0.4 is 88.7 Å². The van der Waals surface area contributed by atoms with E-state index < -0.39 is 62.6 Å². The zero-order valence-corrected chi connectivity index (χ0v) is 24.9. The summed E-state index contributed by atoms with van der Waals surface area (Å²) in [6.45, 7) is -2.74. The predicted octanol–water partition coefficient (Wildman–Crippen LogP) is -11.7. The second-order valence-electron chi connectivity index (χ2n) is 5.67. The van der Waals surface area contributed by atoms with Crippen LogP contribution in [-0.2, 0) is 41.0 Å². The molecule has 0 aliphatic rings. The summed E-state index contributed by atoms with van der Waals surface area (Å²) in [4.78, 5) is 57.6. The molecule has 5 N–H and O–H groups in total. The van der Waals surface area contributed by atoms with Crippen LogP contribution in [0.5, 0.6) is 0 Å². The second-order valence-corrected chi connectivity index (χ2v) is 5.67. The number of carboxylic acids is 5. The van der Waals surface area contributed by atoms with Gasteiger partial charge in [0.1, 0.15) is 0 Å². The molecule has 162 valence electrons. The van der Waals surface area contributed by atoms with Gasteiger partial charge in [-0.1, -0.05) is 0 Å². The molecule has 0 aliphatic carbocycles. The predicted molar refractivity (Wildman–Crippen MR) is 87.5 cm³/mol. The maximum atomic E-state index is 11.0. The third kappa shape index (κ3) is 26.9. The SMILES string of the molecule is O=C(O)CN(CCN(CC(=O)O)CC(=O)O)CCN(CC(=O)O)CC(=O)O.[Fe].[Na+].[Na+].[Na+]. The van der Waals surface area contributed by atoms with Crippen LogP contribution in [0.2, 0.25) is 0 Å². The molecule has 0 spiro atoms. The summed E-state index contributed by atoms with van der Waals surface area (Å²) in [5.41, 5.74) is 0. The van der Waals surface area contributed by atoms with E-state index >= 15 is 0 Å². The van der Waals surface area contributed by atoms with Crippen molar-refractivity contribution in [2.24, 2.45) is 0 Å². The first-order chi connectivity index (χ1) is 12.5. The molecule has 17 heteroatoms. The first kappa shape index (κ1) is 42.0. The largest absolute Gasteiger partial charge is 1.00 e. The smallest absolute Gasteiger partial charge is 0.480 e. The van der Waals surface area contributed by atoms with E-state index in [2.05, 4.69) is 0 Å². The Hall–Kier alpha value is 0.749. The molecule has 0 rings (SSSR count). The Morgan fingerprint density at radius 3 is 0.774 bits per heavy atom. The minimum atomic E-state index is -1.24. The van der Waals surface area contributed by atoms with Gasteiger partial charge in [0.15, 0.2) is 0 Å². The van der Waals surface area contributed by atoms with Gasteiger partial charge in [-0.05, 0) is 0 Å². The van der Waals surface area contributed by atoms with Crippen LogP contribution in [0.15, 0.2) is 0 Å². The number of aliphatic carboxylic acids is 5. The summed E-state index contributed by atoms with van der Waals surface area (Å²) < 4.78 is 0. The number of rotatable bonds is 16. The van der Waals surface area contributed by atoms with Crippen molar-refractivity contribution in [3.05, 3.63) is 0 Å². The Morgan fingerprint density at radius 2 is 0.581 bits per heavy atom. The van der Waals surface area contributed by atoms with Crippen molar-refractivity contribution in [2.45, 2.75) is 0 Å². The van der Waals surface area contributed by atoms with Crippen molar-refractivity contribution >= 4 is 29.8 Å². The van der Waals surface area contributed by atoms with Crippen molar-refractivity contribution in [1.82, 2.24) is 14.7 Å². The monoisotopic (exact) mass is 518 g/mol. The molecule has 0 aliphatic heterocycles. The van der Waals surface area contributed by atoms with E-state index in [1.807, 2.05) is 0 Å². The fourth-order valence-electron chi connectivity index (χ4n) is 2.22. The van der Waals surface area contributed by atoms with Crippen molar-refractivity contribution in [3.8, 4) is 0 Å². The molecule has 0 aromatic rings. The van der Waals surface area contributed by atoms with Crippen molar-refractivity contribution in [1.29, 1.82) is 0 Å². The summed E-state index contributed by atoms with van der Waals surface area (Å²) in [5, 5.41) is 44.1. The third-order valence-electron chi connectivity index (χ3n) is 3.26. The topological polar surface area (TPSA) is 196 Å². The first-order valence-corrected chi connectivity index (χ1v) is 7.75. The summed E-state index contributed by atoms with van der Waals surface area (Å²) in [5.74, 6) is -6.16. The molecule has 0 bridgehead atoms. The van der Waals surface area contributed by atoms with Gasteiger partial charge in [0.05, 0.1) is 32.7 Å². The molecular weight excluding hydrogens is 495 g/mol. The van der Waals surface area contributed by atoms with Crippen LogP contribution >= 0.6 is 0 Å². The van der Waals surface area contributed by atoms with E-state index in [0.29, 0.717) is 0 Å². The van der Waals surface area contributed by atoms with E-state index in [4.69, 9.17) is 25.5 Å². The van der Waals surface area contributed by atoms with Gasteiger partial charge in [0.2, 0.25) is 0 Å². The average Bonchev–Trinajstić information content (AvgIpc) is 2.46. The third-order valence-corrected chi connectivity index (χ3v) is 3.26. The molecule has 0 fully saturated rings. The Balaban J connectivity index is -0.000000563. The summed E-state index contributed by atoms with van der Waals surface area (Å²) in [6, 6.07) is 0. The first-order valence-electron chi connectivity index (χ1n) is 7.75. The van der Waals surface area contributed by atoms with E-state index in [9.17, 15) is 24.0 Å². The maximum Gasteiger partial charge on any atom is 1.00 e. The summed E-state index contributed by atoms with van der Waals surface area (Å²) in [6.07, 6.45) is 0. The molecule has 13 nitrogen and oxygen atoms in total. The Labute approximate surface area is 255 Å². The second kappa shape index (κ2) is 23.9. The van der Waals surface area contributed by atoms with Gasteiger partial charge in [-0.2, -0.15) is 0 Å². The summed E-state index contributed by atoms with van der Waals surface area (Å²) in [7, 11) is 0. The van der Waals surface area contributed by atoms with Gasteiger partial charge in [-0.15, -0.1) is 0 Å². The molecule has 0 aromatic heterocycles. The number of carbonyl (C=O) groups is 5. The molecule has 0 heterocycles. The zero-order valence-electron chi connectivity index (χ0n) is 17.8. The molecule has 0 amide bonds. The maximum absolute atomic E-state index is 11.0. The Bertz CT molecular complexity index is 502. The van der Waals surface area contributed by atoms with Gasteiger partial charge in [0.25, 0.3) is 0 Å². The molecule has 0 saturated heterocycles. The summed E-state index contributed by atoms with van der Waals surface area (Å²) >= 11 is 0. The van der Waals surface area contributed by atoms with E-state index in [1.165, 1.54) is 4.90 Å². The van der Waals surface area contributed by atoms with Crippen LogP contribution in [0, 0.1) is 0 Å². The molecule has 0 aromatic carbocycles. The molecule has 0 unspecified atom stereocenters. The van der Waals surface area contributed by atoms with Crippen molar-refractivity contribution in [3.63, 3.8) is 0 Å². The van der Waals surface area contributed by atoms with Gasteiger partial charge in [-0.25, -0.2) is 0 Å². The van der Waals surface area contributed by atoms with Crippen molar-refractivity contribution < 1.29 is 155 Å². The number of carboxylic acid groups (broad SMARTS) is 5. The minimum absolute atomic E-state index is 0. The van der Waals surface area contributed by atoms with Crippen LogP contribution in [0.1, 0.15) is 0 Å². The Kier molecular flexibility index (Phi) is 32.3. The Morgan fingerprint density at radius 1 is 0.419 bits per heavy atom. The van der Waals surface area contributed by atoms with Crippen LogP contribution in [0.3, 0.4) is 0 Å². The van der Waals surface area contributed by atoms with Crippen LogP contribution in [-0.4, -0.2) is 129 Å². The van der Waals surface area contributed by atoms with Gasteiger partial charge in [-0.3, -0.25) is 38.7 Å². The van der Waals surface area contributed by atoms with Crippen LogP contribution in [0.25, 0.3) is 0 Å². The van der Waals surface area contributed by atoms with Gasteiger partial charge in [0, 0.05) is 43.2 Å². The van der Waals surface area contributed by atoms with E-state index in [1.54, 1.807) is 0 Å². The molecule has 0 radical (unpaired) electrons. The van der Waals surface area contributed by atoms with E-state index in [0.717, 1.165) is 9.80 Å². The zero-order chi connectivity index (χ0) is 21.0. The fourth-order valence-corrected chi connectivity index (χ4v) is 2.22. The number of nitrogens with zero attached hydrogens (tertiary/aromatic N) is 3. The normalized spacial score (nSPS) is 9.65. The standard InChI is InChI=1S/C14H23N3O10.Fe.3Na/c18-10(19)5-15(1-3-16(6-11(20)21)7-12(22)23)2-4-17(8-13(24)25)9-14(26)27;;;;/h1-9H2,(H,18,19)(H,20,21)(H,22,23)(H,24,25)(H,26,27);;;;/q;;3*+1. The molecule has 31 heavy (non-hydrogen) atoms. The van der Waals surface area contributed by atoms with E-state index in [-0.39, 0.29) is 132 Å². The number of hydrogen-bond donors (Lipinski definition) is 5.